The van der Waals surface area contributed by atoms with Gasteiger partial charge in [-0.25, -0.2) is 4.68 Å². The summed E-state index contributed by atoms with van der Waals surface area (Å²) in [6.07, 6.45) is -1.48. The normalized spacial score (nSPS) is 21.2. The number of ether oxygens (including phenoxy) is 2. The van der Waals surface area contributed by atoms with Crippen LogP contribution >= 0.6 is 0 Å². The number of benzene rings is 1. The number of anilines is 1. The maximum absolute atomic E-state index is 14.2. The Balaban J connectivity index is 1.43. The summed E-state index contributed by atoms with van der Waals surface area (Å²) in [5.41, 5.74) is 1.62. The SMILES string of the molecule is COc1ccc(C2CC(C(F)(F)F)n3nc(-c4ccnc(C(=O)N[C@H]5CCCNC5)c4)cc3N2)cc1OC. The lowest BCUT2D eigenvalue weighted by atomic mass is 9.96. The summed E-state index contributed by atoms with van der Waals surface area (Å²) in [5, 5.41) is 13.7. The van der Waals surface area contributed by atoms with E-state index in [1.54, 1.807) is 36.4 Å². The van der Waals surface area contributed by atoms with Crippen LogP contribution in [0.1, 0.15) is 47.4 Å². The van der Waals surface area contributed by atoms with Crippen LogP contribution in [-0.2, 0) is 0 Å². The summed E-state index contributed by atoms with van der Waals surface area (Å²) in [6.45, 7) is 1.61. The molecular formula is C26H29F3N6O3. The fourth-order valence-corrected chi connectivity index (χ4v) is 4.95. The molecule has 2 aliphatic heterocycles. The lowest BCUT2D eigenvalue weighted by molar-refractivity contribution is -0.173. The minimum absolute atomic E-state index is 0.00637. The molecule has 3 atom stereocenters. The van der Waals surface area contributed by atoms with Crippen molar-refractivity contribution in [2.45, 2.75) is 43.6 Å². The van der Waals surface area contributed by atoms with Crippen LogP contribution in [0.5, 0.6) is 11.5 Å². The van der Waals surface area contributed by atoms with Crippen LogP contribution in [0.25, 0.3) is 11.3 Å². The number of rotatable bonds is 6. The fraction of sp³-hybridized carbons (Fsp3) is 0.423. The van der Waals surface area contributed by atoms with Gasteiger partial charge in [-0.3, -0.25) is 9.78 Å². The lowest BCUT2D eigenvalue weighted by Gasteiger charge is -2.33. The molecule has 2 aromatic heterocycles. The number of halogens is 3. The average molecular weight is 531 g/mol. The van der Waals surface area contributed by atoms with E-state index in [1.807, 2.05) is 0 Å². The van der Waals surface area contributed by atoms with E-state index in [0.29, 0.717) is 34.9 Å². The first-order valence-corrected chi connectivity index (χ1v) is 12.4. The molecule has 202 valence electrons. The monoisotopic (exact) mass is 530 g/mol. The molecule has 0 bridgehead atoms. The third kappa shape index (κ3) is 5.26. The zero-order chi connectivity index (χ0) is 26.9. The molecule has 1 fully saturated rings. The highest BCUT2D eigenvalue weighted by Gasteiger charge is 2.46. The van der Waals surface area contributed by atoms with E-state index < -0.39 is 18.3 Å². The number of nitrogens with one attached hydrogen (secondary N) is 3. The van der Waals surface area contributed by atoms with Gasteiger partial charge >= 0.3 is 6.18 Å². The Morgan fingerprint density at radius 3 is 2.66 bits per heavy atom. The number of fused-ring (bicyclic) bond motifs is 1. The molecule has 0 radical (unpaired) electrons. The quantitative estimate of drug-likeness (QED) is 0.441. The molecule has 12 heteroatoms. The van der Waals surface area contributed by atoms with Crippen LogP contribution in [0.2, 0.25) is 0 Å². The third-order valence-electron chi connectivity index (χ3n) is 6.92. The number of piperidine rings is 1. The molecule has 1 saturated heterocycles. The molecule has 1 aromatic carbocycles. The van der Waals surface area contributed by atoms with Crippen LogP contribution < -0.4 is 25.4 Å². The molecule has 38 heavy (non-hydrogen) atoms. The van der Waals surface area contributed by atoms with Crippen molar-refractivity contribution in [1.82, 2.24) is 25.4 Å². The zero-order valence-electron chi connectivity index (χ0n) is 21.0. The lowest BCUT2D eigenvalue weighted by Crippen LogP contribution is -2.45. The Labute approximate surface area is 217 Å². The molecule has 0 saturated carbocycles. The Morgan fingerprint density at radius 2 is 1.95 bits per heavy atom. The van der Waals surface area contributed by atoms with Gasteiger partial charge in [0.1, 0.15) is 11.5 Å². The smallest absolute Gasteiger partial charge is 0.410 e. The van der Waals surface area contributed by atoms with Crippen LogP contribution in [0.4, 0.5) is 19.0 Å². The van der Waals surface area contributed by atoms with Gasteiger partial charge in [-0.1, -0.05) is 6.07 Å². The molecule has 5 rings (SSSR count). The number of alkyl halides is 3. The minimum atomic E-state index is -4.52. The van der Waals surface area contributed by atoms with Crippen molar-refractivity contribution in [3.63, 3.8) is 0 Å². The van der Waals surface area contributed by atoms with E-state index in [9.17, 15) is 18.0 Å². The van der Waals surface area contributed by atoms with Crippen molar-refractivity contribution in [1.29, 1.82) is 0 Å². The summed E-state index contributed by atoms with van der Waals surface area (Å²) >= 11 is 0. The molecule has 3 aromatic rings. The predicted molar refractivity (Wildman–Crippen MR) is 134 cm³/mol. The number of aromatic nitrogens is 3. The van der Waals surface area contributed by atoms with Crippen molar-refractivity contribution in [3.8, 4) is 22.8 Å². The second kappa shape index (κ2) is 10.5. The predicted octanol–water partition coefficient (Wildman–Crippen LogP) is 4.10. The number of methoxy groups -OCH3 is 2. The topological polar surface area (TPSA) is 102 Å². The summed E-state index contributed by atoms with van der Waals surface area (Å²) < 4.78 is 54.1. The Bertz CT molecular complexity index is 1310. The number of carbonyl (C=O) groups is 1. The fourth-order valence-electron chi connectivity index (χ4n) is 4.95. The molecule has 9 nitrogen and oxygen atoms in total. The zero-order valence-corrected chi connectivity index (χ0v) is 21.0. The maximum atomic E-state index is 14.2. The van der Waals surface area contributed by atoms with Crippen LogP contribution in [0.3, 0.4) is 0 Å². The molecule has 4 heterocycles. The molecule has 2 aliphatic rings. The van der Waals surface area contributed by atoms with Gasteiger partial charge in [0.05, 0.1) is 26.0 Å². The number of hydrogen-bond donors (Lipinski definition) is 3. The van der Waals surface area contributed by atoms with Crippen LogP contribution in [-0.4, -0.2) is 60.2 Å². The number of carbonyl (C=O) groups excluding carboxylic acids is 1. The van der Waals surface area contributed by atoms with E-state index in [2.05, 4.69) is 26.0 Å². The van der Waals surface area contributed by atoms with Gasteiger partial charge in [-0.15, -0.1) is 0 Å². The number of nitrogens with zero attached hydrogens (tertiary/aromatic N) is 3. The van der Waals surface area contributed by atoms with Crippen molar-refractivity contribution < 1.29 is 27.4 Å². The van der Waals surface area contributed by atoms with Gasteiger partial charge < -0.3 is 25.4 Å². The van der Waals surface area contributed by atoms with E-state index in [4.69, 9.17) is 9.47 Å². The number of hydrogen-bond acceptors (Lipinski definition) is 7. The highest BCUT2D eigenvalue weighted by atomic mass is 19.4. The molecular weight excluding hydrogens is 501 g/mol. The first-order chi connectivity index (χ1) is 18.3. The summed E-state index contributed by atoms with van der Waals surface area (Å²) in [4.78, 5) is 16.9. The van der Waals surface area contributed by atoms with Crippen molar-refractivity contribution in [2.75, 3.05) is 32.6 Å². The molecule has 0 spiro atoms. The van der Waals surface area contributed by atoms with E-state index >= 15 is 0 Å². The Morgan fingerprint density at radius 1 is 1.13 bits per heavy atom. The first-order valence-electron chi connectivity index (χ1n) is 12.4. The molecule has 3 N–H and O–H groups in total. The van der Waals surface area contributed by atoms with Gasteiger partial charge in [0.15, 0.2) is 17.5 Å². The average Bonchev–Trinajstić information content (AvgIpc) is 3.36. The van der Waals surface area contributed by atoms with E-state index in [0.717, 1.165) is 24.1 Å². The van der Waals surface area contributed by atoms with Crippen molar-refractivity contribution in [2.24, 2.45) is 0 Å². The molecule has 0 aliphatic carbocycles. The standard InChI is InChI=1S/C26H29F3N6O3/c1-37-21-6-5-15(11-22(21)38-2)18-12-23(26(27,28)29)35-24(33-18)13-19(34-35)16-7-9-31-20(10-16)25(36)32-17-4-3-8-30-14-17/h5-7,9-11,13,17-18,23,30,33H,3-4,8,12,14H2,1-2H3,(H,32,36)/t17-,18?,23?/m0/s1. The van der Waals surface area contributed by atoms with Gasteiger partial charge in [-0.05, 0) is 49.2 Å². The van der Waals surface area contributed by atoms with Gasteiger partial charge in [0, 0.05) is 36.8 Å². The van der Waals surface area contributed by atoms with Crippen molar-refractivity contribution >= 4 is 11.7 Å². The first kappa shape index (κ1) is 25.8. The summed E-state index contributed by atoms with van der Waals surface area (Å²) in [7, 11) is 2.97. The van der Waals surface area contributed by atoms with Crippen LogP contribution in [0, 0.1) is 0 Å². The van der Waals surface area contributed by atoms with E-state index in [-0.39, 0.29) is 29.9 Å². The highest BCUT2D eigenvalue weighted by Crippen LogP contribution is 2.45. The summed E-state index contributed by atoms with van der Waals surface area (Å²) in [6, 6.07) is 7.33. The van der Waals surface area contributed by atoms with Gasteiger partial charge in [0.25, 0.3) is 5.91 Å². The van der Waals surface area contributed by atoms with Gasteiger partial charge in [-0.2, -0.15) is 18.3 Å². The third-order valence-corrected chi connectivity index (χ3v) is 6.92. The maximum Gasteiger partial charge on any atom is 0.410 e. The molecule has 2 unspecified atom stereocenters. The highest BCUT2D eigenvalue weighted by molar-refractivity contribution is 5.93. The van der Waals surface area contributed by atoms with Crippen LogP contribution in [0.15, 0.2) is 42.6 Å². The Hall–Kier alpha value is -3.80. The van der Waals surface area contributed by atoms with Crippen molar-refractivity contribution in [3.05, 3.63) is 53.9 Å². The number of amides is 1. The number of pyridine rings is 1. The largest absolute Gasteiger partial charge is 0.493 e. The second-order valence-electron chi connectivity index (χ2n) is 9.41. The van der Waals surface area contributed by atoms with E-state index in [1.165, 1.54) is 20.4 Å². The summed E-state index contributed by atoms with van der Waals surface area (Å²) in [5.74, 6) is 0.819. The van der Waals surface area contributed by atoms with Gasteiger partial charge in [0.2, 0.25) is 0 Å². The molecule has 1 amide bonds. The second-order valence-corrected chi connectivity index (χ2v) is 9.41. The Kier molecular flexibility index (Phi) is 7.15. The minimum Gasteiger partial charge on any atom is -0.493 e.